The zero-order chi connectivity index (χ0) is 43.5. The van der Waals surface area contributed by atoms with Gasteiger partial charge in [-0.1, -0.05) is 65.7 Å². The van der Waals surface area contributed by atoms with Gasteiger partial charge in [0.2, 0.25) is 11.8 Å². The molecular weight excluding hydrogens is 825 g/mol. The highest BCUT2D eigenvalue weighted by atomic mass is 35.5. The molecule has 314 valence electrons. The normalized spacial score (nSPS) is 13.5. The third-order valence-electron chi connectivity index (χ3n) is 10.5. The maximum absolute atomic E-state index is 16.4. The van der Waals surface area contributed by atoms with Crippen molar-refractivity contribution in [2.45, 2.75) is 64.2 Å². The van der Waals surface area contributed by atoms with E-state index in [0.717, 1.165) is 12.8 Å². The van der Waals surface area contributed by atoms with Crippen LogP contribution >= 0.6 is 23.2 Å². The first kappa shape index (κ1) is 42.7. The van der Waals surface area contributed by atoms with Gasteiger partial charge in [0, 0.05) is 39.3 Å². The van der Waals surface area contributed by atoms with Crippen LogP contribution in [0.15, 0.2) is 97.3 Å². The Hall–Kier alpha value is -6.38. The van der Waals surface area contributed by atoms with E-state index < -0.39 is 47.3 Å². The van der Waals surface area contributed by atoms with Gasteiger partial charge in [0.05, 0.1) is 59.8 Å². The molecule has 1 aliphatic carbocycles. The first-order valence-electron chi connectivity index (χ1n) is 19.6. The number of hydrogen-bond donors (Lipinski definition) is 4. The summed E-state index contributed by atoms with van der Waals surface area (Å²) in [6.07, 6.45) is 4.21. The van der Waals surface area contributed by atoms with E-state index in [4.69, 9.17) is 34.7 Å². The smallest absolute Gasteiger partial charge is 0.255 e. The van der Waals surface area contributed by atoms with Gasteiger partial charge in [-0.3, -0.25) is 28.5 Å². The van der Waals surface area contributed by atoms with E-state index in [1.54, 1.807) is 82.2 Å². The second-order valence-corrected chi connectivity index (χ2v) is 16.2. The molecule has 4 aromatic carbocycles. The molecule has 4 amide bonds. The molecule has 0 unspecified atom stereocenters. The number of primary amides is 2. The second-order valence-electron chi connectivity index (χ2n) is 15.3. The molecule has 2 aromatic heterocycles. The van der Waals surface area contributed by atoms with E-state index in [1.807, 2.05) is 13.8 Å². The standard InChI is InChI=1S/C45H42Cl2F2N8O4/c1-24(2)57-43(31-8-3-4-9-36(31)48)34(22-53-57)45(61)55-39(20-41(51)59)28-13-14-30(35(47)17-28)26-12-15-32(37(49)18-26)42-33(21-52-56(42)23-25-10-11-25)44(60)54-38(19-40(50)58)27-6-5-7-29(46)16-27/h3-9,12-18,21-22,24-25,38-39H,10-11,19-20,23H2,1-2H3,(H2,50,58)(H2,51,59)(H,54,60)(H,55,61)/t38-,39-/m0/s1. The molecule has 2 heterocycles. The van der Waals surface area contributed by atoms with E-state index in [9.17, 15) is 19.2 Å². The molecule has 0 radical (unpaired) electrons. The molecule has 0 aliphatic heterocycles. The van der Waals surface area contributed by atoms with Crippen molar-refractivity contribution in [3.8, 4) is 33.6 Å². The summed E-state index contributed by atoms with van der Waals surface area (Å²) in [5, 5.41) is 15.1. The zero-order valence-corrected chi connectivity index (χ0v) is 34.7. The number of hydrogen-bond acceptors (Lipinski definition) is 6. The van der Waals surface area contributed by atoms with Gasteiger partial charge in [-0.25, -0.2) is 8.78 Å². The predicted molar refractivity (Wildman–Crippen MR) is 228 cm³/mol. The lowest BCUT2D eigenvalue weighted by atomic mass is 9.96. The van der Waals surface area contributed by atoms with Crippen LogP contribution in [0.1, 0.15) is 89.5 Å². The van der Waals surface area contributed by atoms with Crippen LogP contribution in [0.4, 0.5) is 8.78 Å². The van der Waals surface area contributed by atoms with Crippen LogP contribution in [-0.4, -0.2) is 43.2 Å². The van der Waals surface area contributed by atoms with Crippen LogP contribution in [-0.2, 0) is 16.1 Å². The number of amides is 4. The third kappa shape index (κ3) is 9.66. The van der Waals surface area contributed by atoms with Crippen molar-refractivity contribution in [3.63, 3.8) is 0 Å². The fraction of sp³-hybridized carbons (Fsp3) is 0.244. The Labute approximate surface area is 360 Å². The Kier molecular flexibility index (Phi) is 12.7. The number of nitrogens with two attached hydrogens (primary N) is 2. The molecule has 0 bridgehead atoms. The van der Waals surface area contributed by atoms with Gasteiger partial charge >= 0.3 is 0 Å². The zero-order valence-electron chi connectivity index (χ0n) is 33.2. The molecule has 61 heavy (non-hydrogen) atoms. The summed E-state index contributed by atoms with van der Waals surface area (Å²) in [6.45, 7) is 4.18. The second kappa shape index (κ2) is 18.1. The summed E-state index contributed by atoms with van der Waals surface area (Å²) in [6, 6.07) is 20.2. The SMILES string of the molecule is CC(C)n1ncc(C(=O)N[C@@H](CC(N)=O)c2ccc(-c3ccc(-c4c(C(=O)N[C@@H](CC(N)=O)c5cccc(Cl)c5)cnn4CC4CC4)c(F)c3)c(Cl)c2)c1-c1ccccc1F. The van der Waals surface area contributed by atoms with Crippen molar-refractivity contribution in [1.82, 2.24) is 30.2 Å². The average molecular weight is 868 g/mol. The highest BCUT2D eigenvalue weighted by Crippen LogP contribution is 2.38. The van der Waals surface area contributed by atoms with Gasteiger partial charge in [-0.2, -0.15) is 10.2 Å². The van der Waals surface area contributed by atoms with E-state index in [2.05, 4.69) is 20.8 Å². The molecule has 2 atom stereocenters. The molecule has 7 rings (SSSR count). The van der Waals surface area contributed by atoms with E-state index in [0.29, 0.717) is 39.7 Å². The minimum absolute atomic E-state index is 0.0947. The van der Waals surface area contributed by atoms with Crippen LogP contribution in [0.25, 0.3) is 33.6 Å². The number of carbonyl (C=O) groups is 4. The van der Waals surface area contributed by atoms with Gasteiger partial charge in [0.1, 0.15) is 11.6 Å². The molecule has 0 saturated heterocycles. The van der Waals surface area contributed by atoms with Crippen LogP contribution in [0.3, 0.4) is 0 Å². The maximum Gasteiger partial charge on any atom is 0.255 e. The summed E-state index contributed by atoms with van der Waals surface area (Å²) < 4.78 is 34.6. The maximum atomic E-state index is 16.4. The number of halogens is 4. The topological polar surface area (TPSA) is 180 Å². The minimum atomic E-state index is -0.940. The quantitative estimate of drug-likeness (QED) is 0.0759. The lowest BCUT2D eigenvalue weighted by Crippen LogP contribution is -2.32. The van der Waals surface area contributed by atoms with Crippen LogP contribution in [0.5, 0.6) is 0 Å². The molecular formula is C45H42Cl2F2N8O4. The van der Waals surface area contributed by atoms with Crippen molar-refractivity contribution >= 4 is 46.8 Å². The molecule has 0 spiro atoms. The highest BCUT2D eigenvalue weighted by molar-refractivity contribution is 6.33. The first-order chi connectivity index (χ1) is 29.2. The highest BCUT2D eigenvalue weighted by Gasteiger charge is 2.30. The number of carbonyl (C=O) groups excluding carboxylic acids is 4. The molecule has 1 fully saturated rings. The molecule has 16 heteroatoms. The number of nitrogens with one attached hydrogen (secondary N) is 2. The molecule has 6 aromatic rings. The number of aromatic nitrogens is 4. The van der Waals surface area contributed by atoms with E-state index in [-0.39, 0.29) is 57.5 Å². The Morgan fingerprint density at radius 2 is 1.33 bits per heavy atom. The van der Waals surface area contributed by atoms with Gasteiger partial charge < -0.3 is 22.1 Å². The first-order valence-corrected chi connectivity index (χ1v) is 20.4. The number of nitrogens with zero attached hydrogens (tertiary/aromatic N) is 4. The summed E-state index contributed by atoms with van der Waals surface area (Å²) in [5.41, 5.74) is 14.1. The van der Waals surface area contributed by atoms with E-state index >= 15 is 8.78 Å². The lowest BCUT2D eigenvalue weighted by Gasteiger charge is -2.20. The van der Waals surface area contributed by atoms with Crippen molar-refractivity contribution < 1.29 is 28.0 Å². The largest absolute Gasteiger partial charge is 0.370 e. The molecule has 6 N–H and O–H groups in total. The Balaban J connectivity index is 1.17. The van der Waals surface area contributed by atoms with Crippen LogP contribution in [0.2, 0.25) is 10.0 Å². The number of benzene rings is 4. The van der Waals surface area contributed by atoms with Crippen LogP contribution in [0, 0.1) is 17.6 Å². The van der Waals surface area contributed by atoms with Gasteiger partial charge in [-0.05, 0) is 91.8 Å². The summed E-state index contributed by atoms with van der Waals surface area (Å²) in [5.74, 6) is -3.39. The fourth-order valence-electron chi connectivity index (χ4n) is 7.32. The Bertz CT molecular complexity index is 2660. The molecule has 1 saturated carbocycles. The van der Waals surface area contributed by atoms with Crippen molar-refractivity contribution in [2.24, 2.45) is 17.4 Å². The monoisotopic (exact) mass is 866 g/mol. The van der Waals surface area contributed by atoms with Crippen LogP contribution < -0.4 is 22.1 Å². The van der Waals surface area contributed by atoms with Crippen molar-refractivity contribution in [3.05, 3.63) is 141 Å². The fourth-order valence-corrected chi connectivity index (χ4v) is 7.82. The van der Waals surface area contributed by atoms with Crippen molar-refractivity contribution in [2.75, 3.05) is 0 Å². The van der Waals surface area contributed by atoms with Gasteiger partial charge in [-0.15, -0.1) is 0 Å². The average Bonchev–Trinajstić information content (AvgIpc) is 3.75. The molecule has 12 nitrogen and oxygen atoms in total. The van der Waals surface area contributed by atoms with Gasteiger partial charge in [0.25, 0.3) is 11.8 Å². The van der Waals surface area contributed by atoms with Crippen molar-refractivity contribution in [1.29, 1.82) is 0 Å². The molecule has 1 aliphatic rings. The van der Waals surface area contributed by atoms with E-state index in [1.165, 1.54) is 24.5 Å². The Morgan fingerprint density at radius 1 is 0.721 bits per heavy atom. The summed E-state index contributed by atoms with van der Waals surface area (Å²) in [7, 11) is 0. The summed E-state index contributed by atoms with van der Waals surface area (Å²) in [4.78, 5) is 52.0. The predicted octanol–water partition coefficient (Wildman–Crippen LogP) is 8.35. The summed E-state index contributed by atoms with van der Waals surface area (Å²) >= 11 is 13.0. The third-order valence-corrected chi connectivity index (χ3v) is 11.0. The number of rotatable bonds is 16. The lowest BCUT2D eigenvalue weighted by molar-refractivity contribution is -0.119. The van der Waals surface area contributed by atoms with Gasteiger partial charge in [0.15, 0.2) is 0 Å². The Morgan fingerprint density at radius 3 is 1.92 bits per heavy atom. The minimum Gasteiger partial charge on any atom is -0.370 e.